The average Bonchev–Trinajstić information content (AvgIpc) is 2.41. The molecule has 1 heterocycles. The Kier molecular flexibility index (Phi) is 3.52. The van der Waals surface area contributed by atoms with Gasteiger partial charge in [0.05, 0.1) is 12.2 Å². The molecule has 1 aromatic heterocycles. The number of aliphatic hydroxyl groups is 1. The molecule has 4 heteroatoms. The fourth-order valence-electron chi connectivity index (χ4n) is 1.47. The highest BCUT2D eigenvalue weighted by molar-refractivity contribution is 5.97. The second kappa shape index (κ2) is 4.49. The Morgan fingerprint density at radius 3 is 2.40 bits per heavy atom. The lowest BCUT2D eigenvalue weighted by Gasteiger charge is -2.10. The van der Waals surface area contributed by atoms with Crippen LogP contribution in [0.5, 0.6) is 0 Å². The van der Waals surface area contributed by atoms with Gasteiger partial charge in [0, 0.05) is 11.6 Å². The van der Waals surface area contributed by atoms with E-state index in [9.17, 15) is 4.79 Å². The van der Waals surface area contributed by atoms with Crippen molar-refractivity contribution in [3.05, 3.63) is 22.6 Å². The Labute approximate surface area is 89.3 Å². The summed E-state index contributed by atoms with van der Waals surface area (Å²) in [5.41, 5.74) is 1.43. The van der Waals surface area contributed by atoms with E-state index in [0.29, 0.717) is 11.3 Å². The van der Waals surface area contributed by atoms with Gasteiger partial charge >= 0.3 is 0 Å². The Bertz CT molecular complexity index is 368. The van der Waals surface area contributed by atoms with Crippen molar-refractivity contribution in [3.8, 4) is 0 Å². The zero-order valence-electron chi connectivity index (χ0n) is 9.55. The van der Waals surface area contributed by atoms with E-state index >= 15 is 0 Å². The van der Waals surface area contributed by atoms with Crippen LogP contribution in [0.15, 0.2) is 4.42 Å². The minimum atomic E-state index is -0.244. The summed E-state index contributed by atoms with van der Waals surface area (Å²) in [6.07, 6.45) is 0. The van der Waals surface area contributed by atoms with Crippen molar-refractivity contribution in [3.63, 3.8) is 0 Å². The van der Waals surface area contributed by atoms with Crippen LogP contribution in [-0.2, 0) is 0 Å². The lowest BCUT2D eigenvalue weighted by atomic mass is 10.1. The highest BCUT2D eigenvalue weighted by Crippen LogP contribution is 2.20. The van der Waals surface area contributed by atoms with Crippen molar-refractivity contribution >= 4 is 5.91 Å². The van der Waals surface area contributed by atoms with Gasteiger partial charge in [0.25, 0.3) is 5.91 Å². The van der Waals surface area contributed by atoms with Gasteiger partial charge in [-0.25, -0.2) is 0 Å². The van der Waals surface area contributed by atoms with Gasteiger partial charge in [0.2, 0.25) is 0 Å². The first-order chi connectivity index (χ1) is 6.97. The molecule has 0 fully saturated rings. The molecule has 0 spiro atoms. The molecular formula is C11H17NO3. The predicted octanol–water partition coefficient (Wildman–Crippen LogP) is 1.32. The number of hydrogen-bond acceptors (Lipinski definition) is 3. The summed E-state index contributed by atoms with van der Waals surface area (Å²) in [6, 6.07) is -0.244. The first kappa shape index (κ1) is 11.8. The third-order valence-corrected chi connectivity index (χ3v) is 2.44. The van der Waals surface area contributed by atoms with Gasteiger partial charge in [-0.1, -0.05) is 0 Å². The molecule has 1 atom stereocenters. The van der Waals surface area contributed by atoms with Crippen molar-refractivity contribution in [1.29, 1.82) is 0 Å². The first-order valence-electron chi connectivity index (χ1n) is 4.95. The zero-order valence-corrected chi connectivity index (χ0v) is 9.55. The topological polar surface area (TPSA) is 62.5 Å². The molecule has 0 aliphatic carbocycles. The van der Waals surface area contributed by atoms with Crippen molar-refractivity contribution in [2.45, 2.75) is 33.7 Å². The fraction of sp³-hybridized carbons (Fsp3) is 0.545. The molecule has 0 aromatic carbocycles. The highest BCUT2D eigenvalue weighted by atomic mass is 16.3. The van der Waals surface area contributed by atoms with Crippen molar-refractivity contribution in [1.82, 2.24) is 5.32 Å². The molecule has 4 nitrogen and oxygen atoms in total. The van der Waals surface area contributed by atoms with Crippen LogP contribution in [0.3, 0.4) is 0 Å². The summed E-state index contributed by atoms with van der Waals surface area (Å²) in [5, 5.41) is 11.5. The number of hydrogen-bond donors (Lipinski definition) is 2. The second-order valence-corrected chi connectivity index (χ2v) is 3.77. The third-order valence-electron chi connectivity index (χ3n) is 2.44. The Balaban J connectivity index is 2.91. The van der Waals surface area contributed by atoms with Gasteiger partial charge in [-0.05, 0) is 27.7 Å². The summed E-state index contributed by atoms with van der Waals surface area (Å²) in [5.74, 6) is 1.19. The molecule has 84 valence electrons. The number of aryl methyl sites for hydroxylation is 2. The van der Waals surface area contributed by atoms with Gasteiger partial charge in [0.15, 0.2) is 0 Å². The van der Waals surface area contributed by atoms with Crippen LogP contribution < -0.4 is 5.32 Å². The molecule has 0 saturated carbocycles. The minimum Gasteiger partial charge on any atom is -0.466 e. The van der Waals surface area contributed by atoms with Crippen LogP contribution in [-0.4, -0.2) is 23.7 Å². The Morgan fingerprint density at radius 2 is 2.00 bits per heavy atom. The van der Waals surface area contributed by atoms with Crippen LogP contribution in [0.1, 0.15) is 34.4 Å². The number of nitrogens with one attached hydrogen (secondary N) is 1. The lowest BCUT2D eigenvalue weighted by molar-refractivity contribution is 0.0920. The molecule has 0 radical (unpaired) electrons. The molecule has 1 aromatic rings. The van der Waals surface area contributed by atoms with Crippen LogP contribution >= 0.6 is 0 Å². The monoisotopic (exact) mass is 211 g/mol. The summed E-state index contributed by atoms with van der Waals surface area (Å²) in [7, 11) is 0. The second-order valence-electron chi connectivity index (χ2n) is 3.77. The van der Waals surface area contributed by atoms with E-state index in [0.717, 1.165) is 11.3 Å². The van der Waals surface area contributed by atoms with Crippen molar-refractivity contribution < 1.29 is 14.3 Å². The van der Waals surface area contributed by atoms with Gasteiger partial charge in [-0.3, -0.25) is 4.79 Å². The molecule has 0 aliphatic heterocycles. The molecule has 0 saturated heterocycles. The van der Waals surface area contributed by atoms with E-state index in [2.05, 4.69) is 5.32 Å². The standard InChI is InChI=1S/C11H17NO3/c1-6(5-13)12-11(14)10-7(2)8(3)15-9(10)4/h6,13H,5H2,1-4H3,(H,12,14)/t6-/m1/s1. The van der Waals surface area contributed by atoms with E-state index in [1.807, 2.05) is 13.8 Å². The van der Waals surface area contributed by atoms with E-state index in [1.165, 1.54) is 0 Å². The molecular weight excluding hydrogens is 194 g/mol. The van der Waals surface area contributed by atoms with Crippen molar-refractivity contribution in [2.75, 3.05) is 6.61 Å². The number of amides is 1. The SMILES string of the molecule is Cc1oc(C)c(C(=O)N[C@H](C)CO)c1C. The summed E-state index contributed by atoms with van der Waals surface area (Å²) in [6.45, 7) is 7.12. The molecule has 0 bridgehead atoms. The van der Waals surface area contributed by atoms with E-state index in [-0.39, 0.29) is 18.6 Å². The minimum absolute atomic E-state index is 0.0688. The van der Waals surface area contributed by atoms with Gasteiger partial charge in [-0.15, -0.1) is 0 Å². The van der Waals surface area contributed by atoms with Gasteiger partial charge in [-0.2, -0.15) is 0 Å². The number of aliphatic hydroxyl groups excluding tert-OH is 1. The molecule has 15 heavy (non-hydrogen) atoms. The quantitative estimate of drug-likeness (QED) is 0.792. The lowest BCUT2D eigenvalue weighted by Crippen LogP contribution is -2.35. The van der Waals surface area contributed by atoms with Crippen LogP contribution in [0, 0.1) is 20.8 Å². The maximum absolute atomic E-state index is 11.8. The third kappa shape index (κ3) is 2.39. The maximum Gasteiger partial charge on any atom is 0.255 e. The molecule has 1 amide bonds. The maximum atomic E-state index is 11.8. The summed E-state index contributed by atoms with van der Waals surface area (Å²) < 4.78 is 5.36. The first-order valence-corrected chi connectivity index (χ1v) is 4.95. The number of rotatable bonds is 3. The number of carbonyl (C=O) groups excluding carboxylic acids is 1. The number of furan rings is 1. The fourth-order valence-corrected chi connectivity index (χ4v) is 1.47. The Hall–Kier alpha value is -1.29. The molecule has 2 N–H and O–H groups in total. The smallest absolute Gasteiger partial charge is 0.255 e. The van der Waals surface area contributed by atoms with E-state index < -0.39 is 0 Å². The predicted molar refractivity (Wildman–Crippen MR) is 56.9 cm³/mol. The molecule has 0 aliphatic rings. The Morgan fingerprint density at radius 1 is 1.40 bits per heavy atom. The summed E-state index contributed by atoms with van der Waals surface area (Å²) in [4.78, 5) is 11.8. The van der Waals surface area contributed by atoms with E-state index in [1.54, 1.807) is 13.8 Å². The highest BCUT2D eigenvalue weighted by Gasteiger charge is 2.19. The van der Waals surface area contributed by atoms with Crippen LogP contribution in [0.25, 0.3) is 0 Å². The number of carbonyl (C=O) groups is 1. The normalized spacial score (nSPS) is 12.6. The van der Waals surface area contributed by atoms with Gasteiger partial charge < -0.3 is 14.8 Å². The largest absolute Gasteiger partial charge is 0.466 e. The zero-order chi connectivity index (χ0) is 11.6. The van der Waals surface area contributed by atoms with Crippen LogP contribution in [0.4, 0.5) is 0 Å². The van der Waals surface area contributed by atoms with Crippen molar-refractivity contribution in [2.24, 2.45) is 0 Å². The molecule has 0 unspecified atom stereocenters. The van der Waals surface area contributed by atoms with E-state index in [4.69, 9.17) is 9.52 Å². The molecule has 1 rings (SSSR count). The van der Waals surface area contributed by atoms with Crippen LogP contribution in [0.2, 0.25) is 0 Å². The summed E-state index contributed by atoms with van der Waals surface area (Å²) >= 11 is 0. The average molecular weight is 211 g/mol. The van der Waals surface area contributed by atoms with Gasteiger partial charge in [0.1, 0.15) is 11.5 Å².